The molecule has 0 aliphatic carbocycles. The molecule has 0 bridgehead atoms. The van der Waals surface area contributed by atoms with Gasteiger partial charge in [0, 0.05) is 37.6 Å². The minimum Gasteiger partial charge on any atom is -0.493 e. The van der Waals surface area contributed by atoms with Crippen LogP contribution in [0.4, 0.5) is 14.7 Å². The first kappa shape index (κ1) is 17.1. The highest BCUT2D eigenvalue weighted by Crippen LogP contribution is 2.37. The number of nitrogens with zero attached hydrogens (tertiary/aromatic N) is 4. The Kier molecular flexibility index (Phi) is 4.48. The molecular formula is C19H22F2N4O. The number of piperazine rings is 1. The first-order valence-corrected chi connectivity index (χ1v) is 8.86. The second-order valence-electron chi connectivity index (χ2n) is 7.53. The molecule has 7 heteroatoms. The average molecular weight is 360 g/mol. The highest BCUT2D eigenvalue weighted by molar-refractivity contribution is 5.31. The number of fused-ring (bicyclic) bond motifs is 1. The molecule has 0 spiro atoms. The number of benzene rings is 1. The number of aromatic nitrogens is 2. The quantitative estimate of drug-likeness (QED) is 0.839. The SMILES string of the molecule is CC1(COc2ccc(F)cc2)CC2CN(c3ncc(F)cn3)CCN2C1. The van der Waals surface area contributed by atoms with Crippen LogP contribution in [0.5, 0.6) is 5.75 Å². The molecule has 5 nitrogen and oxygen atoms in total. The number of ether oxygens (including phenoxy) is 1. The summed E-state index contributed by atoms with van der Waals surface area (Å²) in [7, 11) is 0. The molecular weight excluding hydrogens is 338 g/mol. The number of anilines is 1. The zero-order chi connectivity index (χ0) is 18.1. The van der Waals surface area contributed by atoms with E-state index in [4.69, 9.17) is 4.74 Å². The third kappa shape index (κ3) is 3.62. The van der Waals surface area contributed by atoms with Gasteiger partial charge >= 0.3 is 0 Å². The van der Waals surface area contributed by atoms with Gasteiger partial charge in [-0.25, -0.2) is 18.7 Å². The van der Waals surface area contributed by atoms with Gasteiger partial charge in [-0.3, -0.25) is 4.90 Å². The third-order valence-electron chi connectivity index (χ3n) is 5.21. The molecule has 1 aromatic heterocycles. The standard InChI is InChI=1S/C19H22F2N4O/c1-19(13-26-17-4-2-14(20)3-5-17)8-16-11-24(6-7-25(16)12-19)18-22-9-15(21)10-23-18/h2-5,9-10,16H,6-8,11-13H2,1H3. The molecule has 26 heavy (non-hydrogen) atoms. The van der Waals surface area contributed by atoms with E-state index < -0.39 is 5.82 Å². The van der Waals surface area contributed by atoms with Crippen LogP contribution in [0.1, 0.15) is 13.3 Å². The van der Waals surface area contributed by atoms with E-state index in [1.165, 1.54) is 24.5 Å². The first-order chi connectivity index (χ1) is 12.5. The van der Waals surface area contributed by atoms with Gasteiger partial charge < -0.3 is 9.64 Å². The van der Waals surface area contributed by atoms with Crippen molar-refractivity contribution in [1.29, 1.82) is 0 Å². The molecule has 3 heterocycles. The van der Waals surface area contributed by atoms with Gasteiger partial charge in [0.15, 0.2) is 5.82 Å². The molecule has 2 unspecified atom stereocenters. The van der Waals surface area contributed by atoms with E-state index in [1.54, 1.807) is 12.1 Å². The Bertz CT molecular complexity index is 755. The van der Waals surface area contributed by atoms with E-state index in [2.05, 4.69) is 26.7 Å². The normalized spacial score (nSPS) is 26.0. The van der Waals surface area contributed by atoms with Gasteiger partial charge in [-0.05, 0) is 30.7 Å². The Hall–Kier alpha value is -2.28. The van der Waals surface area contributed by atoms with Crippen LogP contribution in [-0.4, -0.2) is 53.7 Å². The molecule has 1 aromatic carbocycles. The maximum atomic E-state index is 13.0. The number of hydrogen-bond acceptors (Lipinski definition) is 5. The van der Waals surface area contributed by atoms with Crippen LogP contribution in [0, 0.1) is 17.0 Å². The van der Waals surface area contributed by atoms with Crippen molar-refractivity contribution in [2.45, 2.75) is 19.4 Å². The topological polar surface area (TPSA) is 41.5 Å². The van der Waals surface area contributed by atoms with E-state index >= 15 is 0 Å². The molecule has 2 aliphatic heterocycles. The van der Waals surface area contributed by atoms with Gasteiger partial charge in [0.25, 0.3) is 0 Å². The van der Waals surface area contributed by atoms with E-state index in [-0.39, 0.29) is 11.2 Å². The van der Waals surface area contributed by atoms with Crippen LogP contribution in [0.15, 0.2) is 36.7 Å². The van der Waals surface area contributed by atoms with E-state index in [0.29, 0.717) is 24.3 Å². The Morgan fingerprint density at radius 3 is 2.58 bits per heavy atom. The summed E-state index contributed by atoms with van der Waals surface area (Å²) in [6, 6.07) is 6.55. The summed E-state index contributed by atoms with van der Waals surface area (Å²) in [4.78, 5) is 12.8. The fourth-order valence-corrected chi connectivity index (χ4v) is 3.96. The van der Waals surface area contributed by atoms with Gasteiger partial charge in [0.2, 0.25) is 5.95 Å². The smallest absolute Gasteiger partial charge is 0.225 e. The van der Waals surface area contributed by atoms with Gasteiger partial charge in [0.1, 0.15) is 11.6 Å². The van der Waals surface area contributed by atoms with Gasteiger partial charge in [0.05, 0.1) is 19.0 Å². The fourth-order valence-electron chi connectivity index (χ4n) is 3.96. The fraction of sp³-hybridized carbons (Fsp3) is 0.474. The number of hydrogen-bond donors (Lipinski definition) is 0. The van der Waals surface area contributed by atoms with E-state index in [1.807, 2.05) is 0 Å². The van der Waals surface area contributed by atoms with Gasteiger partial charge in [-0.2, -0.15) is 0 Å². The van der Waals surface area contributed by atoms with Crippen molar-refractivity contribution < 1.29 is 13.5 Å². The van der Waals surface area contributed by atoms with Crippen molar-refractivity contribution in [1.82, 2.24) is 14.9 Å². The number of rotatable bonds is 4. The lowest BCUT2D eigenvalue weighted by molar-refractivity contribution is 0.161. The summed E-state index contributed by atoms with van der Waals surface area (Å²) >= 11 is 0. The molecule has 4 rings (SSSR count). The van der Waals surface area contributed by atoms with Crippen molar-refractivity contribution in [3.05, 3.63) is 48.3 Å². The molecule has 0 radical (unpaired) electrons. The average Bonchev–Trinajstić information content (AvgIpc) is 2.97. The van der Waals surface area contributed by atoms with Crippen LogP contribution in [0.2, 0.25) is 0 Å². The molecule has 0 amide bonds. The van der Waals surface area contributed by atoms with E-state index in [9.17, 15) is 8.78 Å². The van der Waals surface area contributed by atoms with Crippen molar-refractivity contribution in [3.8, 4) is 5.75 Å². The molecule has 2 fully saturated rings. The van der Waals surface area contributed by atoms with Gasteiger partial charge in [-0.15, -0.1) is 0 Å². The second-order valence-corrected chi connectivity index (χ2v) is 7.53. The van der Waals surface area contributed by atoms with Crippen LogP contribution in [0.3, 0.4) is 0 Å². The van der Waals surface area contributed by atoms with Crippen LogP contribution < -0.4 is 9.64 Å². The van der Waals surface area contributed by atoms with Gasteiger partial charge in [-0.1, -0.05) is 6.92 Å². The summed E-state index contributed by atoms with van der Waals surface area (Å²) in [5.41, 5.74) is 0.0404. The Balaban J connectivity index is 1.37. The maximum Gasteiger partial charge on any atom is 0.225 e. The summed E-state index contributed by atoms with van der Waals surface area (Å²) in [5, 5.41) is 0. The lowest BCUT2D eigenvalue weighted by Gasteiger charge is -2.37. The van der Waals surface area contributed by atoms with Crippen molar-refractivity contribution in [3.63, 3.8) is 0 Å². The van der Waals surface area contributed by atoms with Crippen LogP contribution >= 0.6 is 0 Å². The predicted molar refractivity (Wildman–Crippen MR) is 94.2 cm³/mol. The minimum absolute atomic E-state index is 0.0404. The molecule has 0 N–H and O–H groups in total. The molecule has 2 aromatic rings. The van der Waals surface area contributed by atoms with Crippen molar-refractivity contribution in [2.75, 3.05) is 37.7 Å². The lowest BCUT2D eigenvalue weighted by atomic mass is 9.89. The summed E-state index contributed by atoms with van der Waals surface area (Å²) < 4.78 is 31.9. The first-order valence-electron chi connectivity index (χ1n) is 8.86. The molecule has 138 valence electrons. The predicted octanol–water partition coefficient (Wildman–Crippen LogP) is 2.73. The zero-order valence-corrected chi connectivity index (χ0v) is 14.7. The summed E-state index contributed by atoms with van der Waals surface area (Å²) in [6.45, 7) is 6.38. The van der Waals surface area contributed by atoms with Crippen molar-refractivity contribution in [2.24, 2.45) is 5.41 Å². The van der Waals surface area contributed by atoms with Crippen LogP contribution in [0.25, 0.3) is 0 Å². The monoisotopic (exact) mass is 360 g/mol. The molecule has 2 aliphatic rings. The molecule has 0 saturated carbocycles. The highest BCUT2D eigenvalue weighted by atomic mass is 19.1. The summed E-state index contributed by atoms with van der Waals surface area (Å²) in [5.74, 6) is 0.601. The molecule has 2 saturated heterocycles. The van der Waals surface area contributed by atoms with E-state index in [0.717, 1.165) is 32.6 Å². The highest BCUT2D eigenvalue weighted by Gasteiger charge is 2.43. The Labute approximate surface area is 151 Å². The molecule has 2 atom stereocenters. The Morgan fingerprint density at radius 1 is 1.12 bits per heavy atom. The van der Waals surface area contributed by atoms with Crippen LogP contribution in [-0.2, 0) is 0 Å². The third-order valence-corrected chi connectivity index (χ3v) is 5.21. The van der Waals surface area contributed by atoms with Crippen molar-refractivity contribution >= 4 is 5.95 Å². The maximum absolute atomic E-state index is 13.0. The second kappa shape index (κ2) is 6.79. The summed E-state index contributed by atoms with van der Waals surface area (Å²) in [6.07, 6.45) is 3.43. The minimum atomic E-state index is -0.418. The number of halogens is 2. The lowest BCUT2D eigenvalue weighted by Crippen LogP contribution is -2.50. The Morgan fingerprint density at radius 2 is 1.85 bits per heavy atom. The zero-order valence-electron chi connectivity index (χ0n) is 14.7. The largest absolute Gasteiger partial charge is 0.493 e.